The van der Waals surface area contributed by atoms with Crippen molar-refractivity contribution in [2.24, 2.45) is 0 Å². The third kappa shape index (κ3) is 1.05. The van der Waals surface area contributed by atoms with E-state index in [0.717, 1.165) is 21.3 Å². The number of furan rings is 1. The fraction of sp³-hybridized carbons (Fsp3) is 0.125. The molecule has 0 saturated heterocycles. The zero-order chi connectivity index (χ0) is 7.84. The van der Waals surface area contributed by atoms with Crippen LogP contribution in [0.15, 0.2) is 27.3 Å². The molecule has 2 nitrogen and oxygen atoms in total. The lowest BCUT2D eigenvalue weighted by molar-refractivity contribution is 0.613. The molecular weight excluding hydrogens is 206 g/mol. The van der Waals surface area contributed by atoms with Crippen LogP contribution < -0.4 is 0 Å². The Bertz CT molecular complexity index is 394. The Hall–Kier alpha value is -0.830. The highest BCUT2D eigenvalue weighted by Gasteiger charge is 2.02. The molecule has 0 bridgehead atoms. The zero-order valence-corrected chi connectivity index (χ0v) is 7.55. The monoisotopic (exact) mass is 211 g/mol. The molecule has 2 heterocycles. The molecule has 0 fully saturated rings. The number of halogens is 1. The molecule has 11 heavy (non-hydrogen) atoms. The maximum Gasteiger partial charge on any atom is 0.153 e. The molecule has 0 N–H and O–H groups in total. The molecule has 0 radical (unpaired) electrons. The van der Waals surface area contributed by atoms with E-state index >= 15 is 0 Å². The summed E-state index contributed by atoms with van der Waals surface area (Å²) < 4.78 is 6.11. The van der Waals surface area contributed by atoms with Crippen LogP contribution in [0.5, 0.6) is 0 Å². The highest BCUT2D eigenvalue weighted by molar-refractivity contribution is 9.10. The van der Waals surface area contributed by atoms with Crippen LogP contribution in [0.3, 0.4) is 0 Å². The predicted molar refractivity (Wildman–Crippen MR) is 46.4 cm³/mol. The van der Waals surface area contributed by atoms with Crippen LogP contribution in [0.25, 0.3) is 11.1 Å². The molecule has 0 spiro atoms. The quantitative estimate of drug-likeness (QED) is 0.670. The topological polar surface area (TPSA) is 26.0 Å². The minimum Gasteiger partial charge on any atom is -0.461 e. The Morgan fingerprint density at radius 3 is 3.09 bits per heavy atom. The van der Waals surface area contributed by atoms with Gasteiger partial charge in [-0.1, -0.05) is 0 Å². The van der Waals surface area contributed by atoms with Crippen molar-refractivity contribution in [1.29, 1.82) is 0 Å². The normalized spacial score (nSPS) is 10.7. The first-order valence-electron chi connectivity index (χ1n) is 3.28. The van der Waals surface area contributed by atoms with Gasteiger partial charge in [0.25, 0.3) is 0 Å². The molecule has 0 aliphatic heterocycles. The van der Waals surface area contributed by atoms with Gasteiger partial charge in [-0.3, -0.25) is 0 Å². The zero-order valence-electron chi connectivity index (χ0n) is 5.97. The molecular formula is C8H6BrNO. The number of nitrogens with zero attached hydrogens (tertiary/aromatic N) is 1. The molecule has 2 aromatic rings. The van der Waals surface area contributed by atoms with Gasteiger partial charge in [-0.25, -0.2) is 4.98 Å². The lowest BCUT2D eigenvalue weighted by Gasteiger charge is -1.89. The summed E-state index contributed by atoms with van der Waals surface area (Å²) in [6.45, 7) is 1.96. The van der Waals surface area contributed by atoms with Crippen molar-refractivity contribution in [3.8, 4) is 0 Å². The van der Waals surface area contributed by atoms with Gasteiger partial charge in [0.15, 0.2) is 5.58 Å². The van der Waals surface area contributed by atoms with E-state index in [4.69, 9.17) is 4.42 Å². The molecule has 3 heteroatoms. The van der Waals surface area contributed by atoms with E-state index in [1.54, 1.807) is 6.26 Å². The first kappa shape index (κ1) is 6.85. The summed E-state index contributed by atoms with van der Waals surface area (Å²) in [5, 5.41) is 0. The van der Waals surface area contributed by atoms with Gasteiger partial charge in [0.05, 0.1) is 4.47 Å². The van der Waals surface area contributed by atoms with Gasteiger partial charge in [0.2, 0.25) is 0 Å². The maximum absolute atomic E-state index is 5.19. The van der Waals surface area contributed by atoms with E-state index in [1.807, 2.05) is 19.1 Å². The second-order valence-electron chi connectivity index (χ2n) is 2.38. The van der Waals surface area contributed by atoms with Gasteiger partial charge in [-0.15, -0.1) is 0 Å². The molecule has 56 valence electrons. The number of hydrogen-bond donors (Lipinski definition) is 0. The van der Waals surface area contributed by atoms with Crippen LogP contribution in [-0.4, -0.2) is 4.98 Å². The Kier molecular flexibility index (Phi) is 1.46. The minimum atomic E-state index is 0.822. The lowest BCUT2D eigenvalue weighted by atomic mass is 10.3. The van der Waals surface area contributed by atoms with Crippen molar-refractivity contribution in [1.82, 2.24) is 4.98 Å². The second kappa shape index (κ2) is 2.34. The van der Waals surface area contributed by atoms with Crippen LogP contribution >= 0.6 is 15.9 Å². The van der Waals surface area contributed by atoms with E-state index in [9.17, 15) is 0 Å². The van der Waals surface area contributed by atoms with Crippen molar-refractivity contribution in [3.63, 3.8) is 0 Å². The van der Waals surface area contributed by atoms with Crippen LogP contribution in [0.2, 0.25) is 0 Å². The van der Waals surface area contributed by atoms with E-state index in [0.29, 0.717) is 0 Å². The average molecular weight is 212 g/mol. The van der Waals surface area contributed by atoms with Crippen LogP contribution in [0, 0.1) is 6.92 Å². The van der Waals surface area contributed by atoms with Gasteiger partial charge in [-0.2, -0.15) is 0 Å². The summed E-state index contributed by atoms with van der Waals surface area (Å²) in [6, 6.07) is 3.85. The Morgan fingerprint density at radius 2 is 2.27 bits per heavy atom. The maximum atomic E-state index is 5.19. The summed E-state index contributed by atoms with van der Waals surface area (Å²) in [4.78, 5) is 4.29. The SMILES string of the molecule is Cc1ccc2occ(Br)c2n1. The van der Waals surface area contributed by atoms with Crippen molar-refractivity contribution in [2.45, 2.75) is 6.92 Å². The van der Waals surface area contributed by atoms with Crippen LogP contribution in [-0.2, 0) is 0 Å². The predicted octanol–water partition coefficient (Wildman–Crippen LogP) is 2.90. The van der Waals surface area contributed by atoms with E-state index < -0.39 is 0 Å². The molecule has 0 aromatic carbocycles. The lowest BCUT2D eigenvalue weighted by Crippen LogP contribution is -1.78. The standard InChI is InChI=1S/C8H6BrNO/c1-5-2-3-7-8(10-5)6(9)4-11-7/h2-4H,1H3. The van der Waals surface area contributed by atoms with Crippen molar-refractivity contribution in [3.05, 3.63) is 28.6 Å². The number of aryl methyl sites for hydroxylation is 1. The van der Waals surface area contributed by atoms with Gasteiger partial charge in [-0.05, 0) is 35.0 Å². The third-order valence-electron chi connectivity index (χ3n) is 1.51. The highest BCUT2D eigenvalue weighted by Crippen LogP contribution is 2.23. The number of fused-ring (bicyclic) bond motifs is 1. The first-order chi connectivity index (χ1) is 5.27. The number of aromatic nitrogens is 1. The Morgan fingerprint density at radius 1 is 1.45 bits per heavy atom. The van der Waals surface area contributed by atoms with E-state index in [1.165, 1.54) is 0 Å². The van der Waals surface area contributed by atoms with E-state index in [-0.39, 0.29) is 0 Å². The fourth-order valence-corrected chi connectivity index (χ4v) is 1.36. The Balaban J connectivity index is 2.87. The van der Waals surface area contributed by atoms with Crippen molar-refractivity contribution < 1.29 is 4.42 Å². The molecule has 0 amide bonds. The molecule has 2 aromatic heterocycles. The molecule has 0 saturated carbocycles. The van der Waals surface area contributed by atoms with Crippen LogP contribution in [0.1, 0.15) is 5.69 Å². The van der Waals surface area contributed by atoms with Gasteiger partial charge < -0.3 is 4.42 Å². The number of rotatable bonds is 0. The van der Waals surface area contributed by atoms with Crippen molar-refractivity contribution >= 4 is 27.0 Å². The summed E-state index contributed by atoms with van der Waals surface area (Å²) in [5.74, 6) is 0. The molecule has 0 aliphatic carbocycles. The molecule has 0 unspecified atom stereocenters. The fourth-order valence-electron chi connectivity index (χ4n) is 0.981. The average Bonchev–Trinajstić information content (AvgIpc) is 2.33. The van der Waals surface area contributed by atoms with Crippen molar-refractivity contribution in [2.75, 3.05) is 0 Å². The molecule has 2 rings (SSSR count). The molecule has 0 aliphatic rings. The summed E-state index contributed by atoms with van der Waals surface area (Å²) in [6.07, 6.45) is 1.65. The molecule has 0 atom stereocenters. The van der Waals surface area contributed by atoms with Gasteiger partial charge in [0, 0.05) is 5.69 Å². The number of hydrogen-bond acceptors (Lipinski definition) is 2. The summed E-state index contributed by atoms with van der Waals surface area (Å²) in [5.41, 5.74) is 2.71. The Labute approximate surface area is 72.4 Å². The smallest absolute Gasteiger partial charge is 0.153 e. The van der Waals surface area contributed by atoms with Gasteiger partial charge in [0.1, 0.15) is 11.8 Å². The third-order valence-corrected chi connectivity index (χ3v) is 2.08. The number of pyridine rings is 1. The minimum absolute atomic E-state index is 0.822. The first-order valence-corrected chi connectivity index (χ1v) is 4.07. The van der Waals surface area contributed by atoms with E-state index in [2.05, 4.69) is 20.9 Å². The second-order valence-corrected chi connectivity index (χ2v) is 3.24. The highest BCUT2D eigenvalue weighted by atomic mass is 79.9. The largest absolute Gasteiger partial charge is 0.461 e. The van der Waals surface area contributed by atoms with Gasteiger partial charge >= 0.3 is 0 Å². The van der Waals surface area contributed by atoms with Crippen LogP contribution in [0.4, 0.5) is 0 Å². The summed E-state index contributed by atoms with van der Waals surface area (Å²) in [7, 11) is 0. The summed E-state index contributed by atoms with van der Waals surface area (Å²) >= 11 is 3.34.